The van der Waals surface area contributed by atoms with Crippen LogP contribution in [0.1, 0.15) is 33.1 Å². The SMILES string of the molecule is CC1(C)C(=O)C2(C(=O)Nc3cc(F)ccc3F)CCC1C2. The molecule has 21 heavy (non-hydrogen) atoms. The summed E-state index contributed by atoms with van der Waals surface area (Å²) in [6, 6.07) is 2.88. The number of anilines is 1. The van der Waals surface area contributed by atoms with Gasteiger partial charge in [-0.2, -0.15) is 0 Å². The van der Waals surface area contributed by atoms with E-state index in [4.69, 9.17) is 0 Å². The van der Waals surface area contributed by atoms with E-state index >= 15 is 0 Å². The summed E-state index contributed by atoms with van der Waals surface area (Å²) in [7, 11) is 0. The lowest BCUT2D eigenvalue weighted by Gasteiger charge is -2.32. The number of fused-ring (bicyclic) bond motifs is 2. The maximum Gasteiger partial charge on any atom is 0.238 e. The lowest BCUT2D eigenvalue weighted by molar-refractivity contribution is -0.142. The van der Waals surface area contributed by atoms with Gasteiger partial charge < -0.3 is 5.32 Å². The van der Waals surface area contributed by atoms with Crippen LogP contribution >= 0.6 is 0 Å². The van der Waals surface area contributed by atoms with Crippen LogP contribution in [0.2, 0.25) is 0 Å². The van der Waals surface area contributed by atoms with Gasteiger partial charge in [-0.15, -0.1) is 0 Å². The van der Waals surface area contributed by atoms with Gasteiger partial charge >= 0.3 is 0 Å². The van der Waals surface area contributed by atoms with Crippen molar-refractivity contribution in [1.82, 2.24) is 0 Å². The Kier molecular flexibility index (Phi) is 2.94. The van der Waals surface area contributed by atoms with Crippen LogP contribution in [0.3, 0.4) is 0 Å². The van der Waals surface area contributed by atoms with Crippen molar-refractivity contribution in [2.75, 3.05) is 5.32 Å². The van der Waals surface area contributed by atoms with E-state index < -0.39 is 28.4 Å². The monoisotopic (exact) mass is 293 g/mol. The molecule has 1 amide bonds. The largest absolute Gasteiger partial charge is 0.323 e. The van der Waals surface area contributed by atoms with E-state index in [1.54, 1.807) is 0 Å². The number of benzene rings is 1. The predicted octanol–water partition coefficient (Wildman–Crippen LogP) is 3.30. The molecule has 2 aliphatic rings. The highest BCUT2D eigenvalue weighted by Gasteiger charge is 2.65. The molecule has 2 unspecified atom stereocenters. The maximum absolute atomic E-state index is 13.6. The van der Waals surface area contributed by atoms with Crippen molar-refractivity contribution in [3.63, 3.8) is 0 Å². The summed E-state index contributed by atoms with van der Waals surface area (Å²) in [6.07, 6.45) is 1.81. The van der Waals surface area contributed by atoms with Gasteiger partial charge in [-0.3, -0.25) is 9.59 Å². The molecule has 0 aliphatic heterocycles. The maximum atomic E-state index is 13.6. The lowest BCUT2D eigenvalue weighted by atomic mass is 9.70. The van der Waals surface area contributed by atoms with Crippen LogP contribution < -0.4 is 5.32 Å². The number of carbonyl (C=O) groups excluding carboxylic acids is 2. The molecule has 3 rings (SSSR count). The zero-order valence-corrected chi connectivity index (χ0v) is 12.0. The van der Waals surface area contributed by atoms with Gasteiger partial charge in [-0.05, 0) is 37.3 Å². The van der Waals surface area contributed by atoms with Gasteiger partial charge in [0, 0.05) is 11.5 Å². The van der Waals surface area contributed by atoms with E-state index in [9.17, 15) is 18.4 Å². The number of ketones is 1. The molecule has 2 saturated carbocycles. The van der Waals surface area contributed by atoms with Crippen molar-refractivity contribution >= 4 is 17.4 Å². The number of nitrogens with one attached hydrogen (secondary N) is 1. The molecule has 2 aliphatic carbocycles. The third-order valence-corrected chi connectivity index (χ3v) is 5.17. The number of halogens is 2. The van der Waals surface area contributed by atoms with Gasteiger partial charge in [0.1, 0.15) is 17.0 Å². The van der Waals surface area contributed by atoms with Gasteiger partial charge in [-0.25, -0.2) is 8.78 Å². The molecule has 112 valence electrons. The molecule has 0 aromatic heterocycles. The minimum atomic E-state index is -1.08. The average molecular weight is 293 g/mol. The van der Waals surface area contributed by atoms with Crippen LogP contribution in [-0.2, 0) is 9.59 Å². The molecule has 2 atom stereocenters. The normalized spacial score (nSPS) is 29.7. The first kappa shape index (κ1) is 14.2. The van der Waals surface area contributed by atoms with Crippen molar-refractivity contribution in [3.05, 3.63) is 29.8 Å². The fraction of sp³-hybridized carbons (Fsp3) is 0.500. The Morgan fingerprint density at radius 2 is 2.05 bits per heavy atom. The highest BCUT2D eigenvalue weighted by atomic mass is 19.1. The highest BCUT2D eigenvalue weighted by molar-refractivity contribution is 6.15. The number of Topliss-reactive ketones (excluding diaryl/α,β-unsaturated/α-hetero) is 1. The Hall–Kier alpha value is -1.78. The first-order chi connectivity index (χ1) is 9.77. The second kappa shape index (κ2) is 4.36. The molecule has 5 heteroatoms. The minimum absolute atomic E-state index is 0.0828. The summed E-state index contributed by atoms with van der Waals surface area (Å²) in [5.74, 6) is -1.74. The molecule has 0 radical (unpaired) electrons. The van der Waals surface area contributed by atoms with Gasteiger partial charge in [0.2, 0.25) is 5.91 Å². The summed E-state index contributed by atoms with van der Waals surface area (Å²) >= 11 is 0. The van der Waals surface area contributed by atoms with E-state index in [1.165, 1.54) is 0 Å². The molecule has 1 aromatic carbocycles. The number of hydrogen-bond acceptors (Lipinski definition) is 2. The van der Waals surface area contributed by atoms with E-state index in [2.05, 4.69) is 5.32 Å². The van der Waals surface area contributed by atoms with Crippen LogP contribution in [0.25, 0.3) is 0 Å². The number of amides is 1. The van der Waals surface area contributed by atoms with Crippen LogP contribution in [-0.4, -0.2) is 11.7 Å². The van der Waals surface area contributed by atoms with Gasteiger partial charge in [0.05, 0.1) is 5.69 Å². The molecule has 2 bridgehead atoms. The predicted molar refractivity (Wildman–Crippen MR) is 73.5 cm³/mol. The van der Waals surface area contributed by atoms with Crippen molar-refractivity contribution < 1.29 is 18.4 Å². The van der Waals surface area contributed by atoms with Gasteiger partial charge in [0.25, 0.3) is 0 Å². The first-order valence-corrected chi connectivity index (χ1v) is 7.09. The zero-order valence-electron chi connectivity index (χ0n) is 12.0. The summed E-state index contributed by atoms with van der Waals surface area (Å²) in [4.78, 5) is 25.1. The Balaban J connectivity index is 1.90. The lowest BCUT2D eigenvalue weighted by Crippen LogP contribution is -2.44. The minimum Gasteiger partial charge on any atom is -0.323 e. The number of rotatable bonds is 2. The Bertz CT molecular complexity index is 641. The van der Waals surface area contributed by atoms with Crippen LogP contribution in [0.5, 0.6) is 0 Å². The van der Waals surface area contributed by atoms with Crippen molar-refractivity contribution in [3.8, 4) is 0 Å². The average Bonchev–Trinajstić information content (AvgIpc) is 2.94. The highest BCUT2D eigenvalue weighted by Crippen LogP contribution is 2.60. The van der Waals surface area contributed by atoms with E-state index in [0.717, 1.165) is 24.6 Å². The third-order valence-electron chi connectivity index (χ3n) is 5.17. The number of carbonyl (C=O) groups is 2. The van der Waals surface area contributed by atoms with Crippen molar-refractivity contribution in [2.24, 2.45) is 16.7 Å². The van der Waals surface area contributed by atoms with Crippen LogP contribution in [0, 0.1) is 28.4 Å². The van der Waals surface area contributed by atoms with E-state index in [-0.39, 0.29) is 17.4 Å². The number of hydrogen-bond donors (Lipinski definition) is 1. The topological polar surface area (TPSA) is 46.2 Å². The molecular weight excluding hydrogens is 276 g/mol. The first-order valence-electron chi connectivity index (χ1n) is 7.09. The summed E-state index contributed by atoms with van der Waals surface area (Å²) < 4.78 is 26.8. The van der Waals surface area contributed by atoms with Crippen LogP contribution in [0.15, 0.2) is 18.2 Å². The van der Waals surface area contributed by atoms with Gasteiger partial charge in [-0.1, -0.05) is 13.8 Å². The smallest absolute Gasteiger partial charge is 0.238 e. The fourth-order valence-electron chi connectivity index (χ4n) is 3.81. The van der Waals surface area contributed by atoms with E-state index in [1.807, 2.05) is 13.8 Å². The Morgan fingerprint density at radius 3 is 2.67 bits per heavy atom. The molecule has 3 nitrogen and oxygen atoms in total. The summed E-state index contributed by atoms with van der Waals surface area (Å²) in [5, 5.41) is 2.40. The van der Waals surface area contributed by atoms with Gasteiger partial charge in [0.15, 0.2) is 5.78 Å². The molecule has 1 aromatic rings. The zero-order chi connectivity index (χ0) is 15.4. The molecular formula is C16H17F2NO2. The molecule has 0 heterocycles. The fourth-order valence-corrected chi connectivity index (χ4v) is 3.81. The Morgan fingerprint density at radius 1 is 1.33 bits per heavy atom. The van der Waals surface area contributed by atoms with Crippen LogP contribution in [0.4, 0.5) is 14.5 Å². The molecule has 0 saturated heterocycles. The third kappa shape index (κ3) is 1.90. The summed E-state index contributed by atoms with van der Waals surface area (Å²) in [5.41, 5.74) is -1.81. The molecule has 1 N–H and O–H groups in total. The van der Waals surface area contributed by atoms with Crippen molar-refractivity contribution in [1.29, 1.82) is 0 Å². The standard InChI is InChI=1S/C16H17F2NO2/c1-15(2)9-5-6-16(8-9,13(15)20)14(21)19-12-7-10(17)3-4-11(12)18/h3-4,7,9H,5-6,8H2,1-2H3,(H,19,21). The van der Waals surface area contributed by atoms with E-state index in [0.29, 0.717) is 12.8 Å². The van der Waals surface area contributed by atoms with Crippen molar-refractivity contribution in [2.45, 2.75) is 33.1 Å². The second-order valence-electron chi connectivity index (χ2n) is 6.65. The summed E-state index contributed by atoms with van der Waals surface area (Å²) in [6.45, 7) is 3.72. The Labute approximate surface area is 121 Å². The second-order valence-corrected chi connectivity index (χ2v) is 6.65. The quantitative estimate of drug-likeness (QED) is 0.850. The molecule has 2 fully saturated rings. The molecule has 0 spiro atoms.